The first-order chi connectivity index (χ1) is 13.2. The molecular formula is C18H21ClF3N5O2. The number of benzene rings is 1. The third-order valence-electron chi connectivity index (χ3n) is 5.37. The highest BCUT2D eigenvalue weighted by molar-refractivity contribution is 6.02. The molecule has 0 spiro atoms. The predicted molar refractivity (Wildman–Crippen MR) is 103 cm³/mol. The Bertz CT molecular complexity index is 945. The fraction of sp³-hybridized carbons (Fsp3) is 0.500. The summed E-state index contributed by atoms with van der Waals surface area (Å²) in [5.74, 6) is -1.17. The maximum atomic E-state index is 13.1. The fourth-order valence-electron chi connectivity index (χ4n) is 3.89. The van der Waals surface area contributed by atoms with Crippen molar-refractivity contribution in [1.29, 1.82) is 0 Å². The number of nitrogens with one attached hydrogen (secondary N) is 2. The van der Waals surface area contributed by atoms with Crippen LogP contribution in [0.5, 0.6) is 0 Å². The molecule has 0 radical (unpaired) electrons. The smallest absolute Gasteiger partial charge is 0.368 e. The van der Waals surface area contributed by atoms with Crippen molar-refractivity contribution in [2.24, 2.45) is 7.05 Å². The molecule has 1 aromatic carbocycles. The van der Waals surface area contributed by atoms with E-state index in [-0.39, 0.29) is 43.7 Å². The van der Waals surface area contributed by atoms with E-state index in [0.29, 0.717) is 24.3 Å². The average molecular weight is 432 g/mol. The zero-order chi connectivity index (χ0) is 20.1. The van der Waals surface area contributed by atoms with Crippen molar-refractivity contribution >= 4 is 40.8 Å². The number of amides is 2. The minimum absolute atomic E-state index is 0. The number of rotatable bonds is 2. The minimum Gasteiger partial charge on any atom is -0.368 e. The summed E-state index contributed by atoms with van der Waals surface area (Å²) in [6, 6.07) is 3.79. The molecule has 29 heavy (non-hydrogen) atoms. The maximum Gasteiger partial charge on any atom is 0.405 e. The number of piperazine rings is 1. The quantitative estimate of drug-likeness (QED) is 0.710. The van der Waals surface area contributed by atoms with E-state index in [1.54, 1.807) is 34.8 Å². The van der Waals surface area contributed by atoms with E-state index in [2.05, 4.69) is 15.7 Å². The van der Waals surface area contributed by atoms with Gasteiger partial charge in [0.25, 0.3) is 0 Å². The highest BCUT2D eigenvalue weighted by Crippen LogP contribution is 2.33. The second-order valence-electron chi connectivity index (χ2n) is 7.21. The van der Waals surface area contributed by atoms with E-state index in [4.69, 9.17) is 0 Å². The lowest BCUT2D eigenvalue weighted by molar-refractivity contribution is -0.155. The van der Waals surface area contributed by atoms with Crippen molar-refractivity contribution in [3.63, 3.8) is 0 Å². The highest BCUT2D eigenvalue weighted by atomic mass is 35.5. The number of nitrogens with zero attached hydrogens (tertiary/aromatic N) is 3. The number of hydrogen-bond donors (Lipinski definition) is 2. The van der Waals surface area contributed by atoms with Crippen LogP contribution in [0.1, 0.15) is 24.5 Å². The Labute approximate surface area is 171 Å². The average Bonchev–Trinajstić information content (AvgIpc) is 2.97. The lowest BCUT2D eigenvalue weighted by Gasteiger charge is -2.36. The molecule has 1 unspecified atom stereocenters. The minimum atomic E-state index is -4.30. The standard InChI is InChI=1S/C18H20F3N5O2.ClH/c1-25-13-8-10(26-7-6-22-14(9-26)18(19,20)21)2-3-11(13)16(24-25)12-4-5-15(27)23-17(12)28;/h2-3,8,12,14,22H,4-7,9H2,1H3,(H,23,27,28);1H/t12?,14-;/m1./s1. The molecule has 11 heteroatoms. The number of carbonyl (C=O) groups is 2. The fourth-order valence-corrected chi connectivity index (χ4v) is 3.89. The van der Waals surface area contributed by atoms with Crippen molar-refractivity contribution in [3.8, 4) is 0 Å². The summed E-state index contributed by atoms with van der Waals surface area (Å²) in [6.07, 6.45) is -3.65. The van der Waals surface area contributed by atoms with Gasteiger partial charge in [-0.3, -0.25) is 19.6 Å². The zero-order valence-corrected chi connectivity index (χ0v) is 16.4. The van der Waals surface area contributed by atoms with E-state index in [9.17, 15) is 22.8 Å². The Hall–Kier alpha value is -2.33. The van der Waals surface area contributed by atoms with Gasteiger partial charge < -0.3 is 10.2 Å². The van der Waals surface area contributed by atoms with Crippen LogP contribution in [-0.4, -0.2) is 53.4 Å². The summed E-state index contributed by atoms with van der Waals surface area (Å²) < 4.78 is 40.8. The van der Waals surface area contributed by atoms with Gasteiger partial charge in [0.1, 0.15) is 6.04 Å². The Kier molecular flexibility index (Phi) is 5.77. The van der Waals surface area contributed by atoms with Gasteiger partial charge in [-0.2, -0.15) is 18.3 Å². The zero-order valence-electron chi connectivity index (χ0n) is 15.6. The van der Waals surface area contributed by atoms with Crippen LogP contribution in [0.25, 0.3) is 10.9 Å². The van der Waals surface area contributed by atoms with Crippen molar-refractivity contribution in [1.82, 2.24) is 20.4 Å². The first-order valence-corrected chi connectivity index (χ1v) is 9.09. The predicted octanol–water partition coefficient (Wildman–Crippen LogP) is 1.86. The largest absolute Gasteiger partial charge is 0.405 e. The topological polar surface area (TPSA) is 79.3 Å². The first-order valence-electron chi connectivity index (χ1n) is 9.09. The number of alkyl halides is 3. The first kappa shape index (κ1) is 21.4. The molecule has 3 heterocycles. The Morgan fingerprint density at radius 2 is 2.00 bits per heavy atom. The molecule has 2 fully saturated rings. The summed E-state index contributed by atoms with van der Waals surface area (Å²) >= 11 is 0. The van der Waals surface area contributed by atoms with Gasteiger partial charge in [-0.1, -0.05) is 0 Å². The van der Waals surface area contributed by atoms with Crippen LogP contribution in [-0.2, 0) is 16.6 Å². The number of anilines is 1. The van der Waals surface area contributed by atoms with E-state index in [1.807, 2.05) is 0 Å². The highest BCUT2D eigenvalue weighted by Gasteiger charge is 2.42. The second-order valence-corrected chi connectivity index (χ2v) is 7.21. The van der Waals surface area contributed by atoms with Crippen LogP contribution >= 0.6 is 12.4 Å². The van der Waals surface area contributed by atoms with E-state index >= 15 is 0 Å². The number of halogens is 4. The van der Waals surface area contributed by atoms with Gasteiger partial charge in [-0.05, 0) is 24.6 Å². The molecule has 2 aliphatic heterocycles. The monoisotopic (exact) mass is 431 g/mol. The molecule has 158 valence electrons. The van der Waals surface area contributed by atoms with Gasteiger partial charge in [0.2, 0.25) is 11.8 Å². The number of imide groups is 1. The summed E-state index contributed by atoms with van der Waals surface area (Å²) in [5, 5.41) is 10.1. The molecule has 2 amide bonds. The van der Waals surface area contributed by atoms with Crippen LogP contribution in [0.2, 0.25) is 0 Å². The van der Waals surface area contributed by atoms with Gasteiger partial charge in [0, 0.05) is 44.2 Å². The number of carbonyl (C=O) groups excluding carboxylic acids is 2. The van der Waals surface area contributed by atoms with Crippen LogP contribution in [0.15, 0.2) is 18.2 Å². The molecule has 2 aromatic rings. The third-order valence-corrected chi connectivity index (χ3v) is 5.37. The van der Waals surface area contributed by atoms with Crippen molar-refractivity contribution < 1.29 is 22.8 Å². The van der Waals surface area contributed by atoms with Crippen LogP contribution in [0.3, 0.4) is 0 Å². The molecule has 7 nitrogen and oxygen atoms in total. The Morgan fingerprint density at radius 1 is 1.24 bits per heavy atom. The molecule has 1 aromatic heterocycles. The summed E-state index contributed by atoms with van der Waals surface area (Å²) in [7, 11) is 1.73. The lowest BCUT2D eigenvalue weighted by atomic mass is 9.93. The number of fused-ring (bicyclic) bond motifs is 1. The van der Waals surface area contributed by atoms with E-state index in [0.717, 1.165) is 10.9 Å². The van der Waals surface area contributed by atoms with Crippen molar-refractivity contribution in [3.05, 3.63) is 23.9 Å². The summed E-state index contributed by atoms with van der Waals surface area (Å²) in [5.41, 5.74) is 2.00. The van der Waals surface area contributed by atoms with Gasteiger partial charge in [0.15, 0.2) is 0 Å². The van der Waals surface area contributed by atoms with Crippen LogP contribution < -0.4 is 15.5 Å². The molecular weight excluding hydrogens is 411 g/mol. The molecule has 0 aliphatic carbocycles. The maximum absolute atomic E-state index is 13.1. The number of aromatic nitrogens is 2. The van der Waals surface area contributed by atoms with Crippen molar-refractivity contribution in [2.75, 3.05) is 24.5 Å². The van der Waals surface area contributed by atoms with Crippen molar-refractivity contribution in [2.45, 2.75) is 31.0 Å². The van der Waals surface area contributed by atoms with Gasteiger partial charge >= 0.3 is 6.18 Å². The summed E-state index contributed by atoms with van der Waals surface area (Å²) in [4.78, 5) is 25.3. The third kappa shape index (κ3) is 4.04. The number of hydrogen-bond acceptors (Lipinski definition) is 5. The molecule has 0 saturated carbocycles. The van der Waals surface area contributed by atoms with Crippen LogP contribution in [0, 0.1) is 0 Å². The van der Waals surface area contributed by atoms with Gasteiger partial charge in [-0.25, -0.2) is 0 Å². The number of piperidine rings is 1. The Balaban J connectivity index is 0.00000240. The van der Waals surface area contributed by atoms with Gasteiger partial charge in [0.05, 0.1) is 17.1 Å². The molecule has 4 rings (SSSR count). The molecule has 2 atom stereocenters. The summed E-state index contributed by atoms with van der Waals surface area (Å²) in [6.45, 7) is 0.553. The Morgan fingerprint density at radius 3 is 2.69 bits per heavy atom. The molecule has 2 N–H and O–H groups in total. The molecule has 2 saturated heterocycles. The van der Waals surface area contributed by atoms with Gasteiger partial charge in [-0.15, -0.1) is 12.4 Å². The number of aryl methyl sites for hydroxylation is 1. The van der Waals surface area contributed by atoms with E-state index < -0.39 is 18.1 Å². The molecule has 0 bridgehead atoms. The van der Waals surface area contributed by atoms with Crippen LogP contribution in [0.4, 0.5) is 18.9 Å². The SMILES string of the molecule is Cl.Cn1nc(C2CCC(=O)NC2=O)c2ccc(N3CCN[C@@H](C(F)(F)F)C3)cc21. The second kappa shape index (κ2) is 7.83. The normalized spacial score (nSPS) is 23.1. The lowest BCUT2D eigenvalue weighted by Crippen LogP contribution is -2.57. The molecule has 2 aliphatic rings. The van der Waals surface area contributed by atoms with E-state index in [1.165, 1.54) is 0 Å².